The third kappa shape index (κ3) is 2.21. The van der Waals surface area contributed by atoms with Crippen molar-refractivity contribution in [2.75, 3.05) is 6.54 Å². The van der Waals surface area contributed by atoms with Gasteiger partial charge in [0.05, 0.1) is 0 Å². The Labute approximate surface area is 111 Å². The largest absolute Gasteiger partial charge is 0.314 e. The molecule has 3 rings (SSSR count). The number of hydrogen-bond acceptors (Lipinski definition) is 1. The summed E-state index contributed by atoms with van der Waals surface area (Å²) in [5, 5.41) is 3.70. The molecule has 2 unspecified atom stereocenters. The van der Waals surface area contributed by atoms with Crippen LogP contribution in [0.5, 0.6) is 0 Å². The normalized spacial score (nSPS) is 28.3. The maximum atomic E-state index is 3.70. The number of rotatable bonds is 4. The second-order valence-electron chi connectivity index (χ2n) is 5.96. The topological polar surface area (TPSA) is 12.0 Å². The molecule has 0 heterocycles. The van der Waals surface area contributed by atoms with Gasteiger partial charge < -0.3 is 5.32 Å². The van der Waals surface area contributed by atoms with Gasteiger partial charge in [0.1, 0.15) is 0 Å². The van der Waals surface area contributed by atoms with Crippen molar-refractivity contribution < 1.29 is 0 Å². The van der Waals surface area contributed by atoms with Crippen molar-refractivity contribution in [3.63, 3.8) is 0 Å². The van der Waals surface area contributed by atoms with Gasteiger partial charge in [-0.3, -0.25) is 0 Å². The number of benzene rings is 1. The number of likely N-dealkylation sites (N-methyl/N-ethyl adjacent to an activating group) is 1. The Bertz CT molecular complexity index is 394. The van der Waals surface area contributed by atoms with E-state index in [2.05, 4.69) is 36.5 Å². The fourth-order valence-corrected chi connectivity index (χ4v) is 3.78. The van der Waals surface area contributed by atoms with E-state index in [0.717, 1.165) is 24.4 Å². The predicted octanol–water partition coefficient (Wildman–Crippen LogP) is 4.20. The fourth-order valence-electron chi connectivity index (χ4n) is 3.78. The molecule has 1 aromatic rings. The molecule has 0 radical (unpaired) electrons. The molecule has 2 saturated carbocycles. The molecule has 1 aromatic carbocycles. The Morgan fingerprint density at radius 1 is 1.00 bits per heavy atom. The molecule has 0 bridgehead atoms. The molecule has 2 aliphatic rings. The van der Waals surface area contributed by atoms with Gasteiger partial charge in [-0.1, -0.05) is 44.0 Å². The molecular weight excluding hydrogens is 218 g/mol. The molecule has 0 amide bonds. The van der Waals surface area contributed by atoms with Crippen LogP contribution in [0.1, 0.15) is 68.4 Å². The van der Waals surface area contributed by atoms with Crippen LogP contribution in [0.3, 0.4) is 0 Å². The van der Waals surface area contributed by atoms with Crippen LogP contribution in [0.4, 0.5) is 0 Å². The molecular formula is C17H25N. The Hall–Kier alpha value is -0.820. The van der Waals surface area contributed by atoms with Crippen LogP contribution in [-0.2, 0) is 0 Å². The maximum Gasteiger partial charge on any atom is 0.0136 e. The summed E-state index contributed by atoms with van der Waals surface area (Å²) in [5.41, 5.74) is 3.32. The first kappa shape index (κ1) is 12.2. The zero-order chi connectivity index (χ0) is 12.4. The van der Waals surface area contributed by atoms with Crippen LogP contribution >= 0.6 is 0 Å². The number of nitrogens with one attached hydrogen (secondary N) is 1. The van der Waals surface area contributed by atoms with Crippen molar-refractivity contribution in [3.8, 4) is 0 Å². The molecule has 2 atom stereocenters. The maximum absolute atomic E-state index is 3.70. The lowest BCUT2D eigenvalue weighted by molar-refractivity contribution is 0.410. The van der Waals surface area contributed by atoms with E-state index >= 15 is 0 Å². The Morgan fingerprint density at radius 3 is 2.39 bits per heavy atom. The van der Waals surface area contributed by atoms with Gasteiger partial charge in [-0.05, 0) is 55.2 Å². The second-order valence-corrected chi connectivity index (χ2v) is 5.96. The van der Waals surface area contributed by atoms with Crippen LogP contribution in [0, 0.1) is 0 Å². The van der Waals surface area contributed by atoms with Gasteiger partial charge >= 0.3 is 0 Å². The Morgan fingerprint density at radius 2 is 1.72 bits per heavy atom. The summed E-state index contributed by atoms with van der Waals surface area (Å²) in [5.74, 6) is 1.63. The smallest absolute Gasteiger partial charge is 0.0136 e. The molecule has 0 aromatic heterocycles. The summed E-state index contributed by atoms with van der Waals surface area (Å²) in [7, 11) is 0. The predicted molar refractivity (Wildman–Crippen MR) is 77.1 cm³/mol. The van der Waals surface area contributed by atoms with Crippen molar-refractivity contribution in [3.05, 3.63) is 35.4 Å². The molecule has 0 aliphatic heterocycles. The first-order chi connectivity index (χ1) is 8.90. The Balaban J connectivity index is 1.86. The van der Waals surface area contributed by atoms with Gasteiger partial charge in [0, 0.05) is 6.04 Å². The standard InChI is InChI=1S/C17H25N/c1-2-18-17-12-6-11-16(17)15-10-4-3-9-14(15)13-7-5-8-13/h3-4,9-10,13,16-18H,2,5-8,11-12H2,1H3. The van der Waals surface area contributed by atoms with Crippen molar-refractivity contribution >= 4 is 0 Å². The minimum Gasteiger partial charge on any atom is -0.314 e. The summed E-state index contributed by atoms with van der Waals surface area (Å²) in [6.07, 6.45) is 8.38. The van der Waals surface area contributed by atoms with Gasteiger partial charge in [0.2, 0.25) is 0 Å². The monoisotopic (exact) mass is 243 g/mol. The summed E-state index contributed by atoms with van der Waals surface area (Å²) >= 11 is 0. The van der Waals surface area contributed by atoms with E-state index in [-0.39, 0.29) is 0 Å². The second kappa shape index (κ2) is 5.44. The van der Waals surface area contributed by atoms with Crippen LogP contribution in [0.25, 0.3) is 0 Å². The van der Waals surface area contributed by atoms with Crippen molar-refractivity contribution in [1.29, 1.82) is 0 Å². The summed E-state index contributed by atoms with van der Waals surface area (Å²) in [6, 6.07) is 9.97. The van der Waals surface area contributed by atoms with Crippen LogP contribution < -0.4 is 5.32 Å². The summed E-state index contributed by atoms with van der Waals surface area (Å²) < 4.78 is 0. The average Bonchev–Trinajstić information content (AvgIpc) is 2.76. The minimum absolute atomic E-state index is 0.719. The lowest BCUT2D eigenvalue weighted by atomic mass is 9.75. The highest BCUT2D eigenvalue weighted by Gasteiger charge is 2.31. The molecule has 18 heavy (non-hydrogen) atoms. The highest BCUT2D eigenvalue weighted by molar-refractivity contribution is 5.36. The van der Waals surface area contributed by atoms with E-state index in [1.165, 1.54) is 38.5 Å². The summed E-state index contributed by atoms with van der Waals surface area (Å²) in [6.45, 7) is 3.33. The molecule has 98 valence electrons. The first-order valence-electron chi connectivity index (χ1n) is 7.72. The third-order valence-corrected chi connectivity index (χ3v) is 4.92. The molecule has 2 aliphatic carbocycles. The zero-order valence-corrected chi connectivity index (χ0v) is 11.5. The van der Waals surface area contributed by atoms with Gasteiger partial charge in [0.15, 0.2) is 0 Å². The number of hydrogen-bond donors (Lipinski definition) is 1. The lowest BCUT2D eigenvalue weighted by Gasteiger charge is -2.31. The van der Waals surface area contributed by atoms with Crippen molar-refractivity contribution in [2.45, 2.75) is 63.3 Å². The van der Waals surface area contributed by atoms with Gasteiger partial charge in [-0.2, -0.15) is 0 Å². The van der Waals surface area contributed by atoms with Gasteiger partial charge in [-0.25, -0.2) is 0 Å². The Kier molecular flexibility index (Phi) is 3.69. The zero-order valence-electron chi connectivity index (χ0n) is 11.5. The van der Waals surface area contributed by atoms with E-state index in [9.17, 15) is 0 Å². The van der Waals surface area contributed by atoms with E-state index in [4.69, 9.17) is 0 Å². The molecule has 1 nitrogen and oxygen atoms in total. The summed E-state index contributed by atoms with van der Waals surface area (Å²) in [4.78, 5) is 0. The van der Waals surface area contributed by atoms with E-state index in [1.807, 2.05) is 0 Å². The molecule has 0 spiro atoms. The van der Waals surface area contributed by atoms with E-state index in [0.29, 0.717) is 0 Å². The SMILES string of the molecule is CCNC1CCCC1c1ccccc1C1CCC1. The quantitative estimate of drug-likeness (QED) is 0.835. The van der Waals surface area contributed by atoms with Crippen LogP contribution in [-0.4, -0.2) is 12.6 Å². The minimum atomic E-state index is 0.719. The highest BCUT2D eigenvalue weighted by Crippen LogP contribution is 2.43. The molecule has 1 heteroatoms. The van der Waals surface area contributed by atoms with Gasteiger partial charge in [-0.15, -0.1) is 0 Å². The first-order valence-corrected chi connectivity index (χ1v) is 7.72. The fraction of sp³-hybridized carbons (Fsp3) is 0.647. The lowest BCUT2D eigenvalue weighted by Crippen LogP contribution is -2.31. The van der Waals surface area contributed by atoms with E-state index < -0.39 is 0 Å². The third-order valence-electron chi connectivity index (χ3n) is 4.92. The van der Waals surface area contributed by atoms with Crippen molar-refractivity contribution in [1.82, 2.24) is 5.32 Å². The molecule has 1 N–H and O–H groups in total. The van der Waals surface area contributed by atoms with Crippen LogP contribution in [0.2, 0.25) is 0 Å². The molecule has 0 saturated heterocycles. The molecule has 2 fully saturated rings. The van der Waals surface area contributed by atoms with Gasteiger partial charge in [0.25, 0.3) is 0 Å². The van der Waals surface area contributed by atoms with Crippen LogP contribution in [0.15, 0.2) is 24.3 Å². The average molecular weight is 243 g/mol. The van der Waals surface area contributed by atoms with E-state index in [1.54, 1.807) is 11.1 Å². The van der Waals surface area contributed by atoms with Crippen molar-refractivity contribution in [2.24, 2.45) is 0 Å². The highest BCUT2D eigenvalue weighted by atomic mass is 14.9.